The smallest absolute Gasteiger partial charge is 0.274 e. The van der Waals surface area contributed by atoms with Gasteiger partial charge in [0.1, 0.15) is 0 Å². The fraction of sp³-hybridized carbons (Fsp3) is 1.00. The summed E-state index contributed by atoms with van der Waals surface area (Å²) in [5.74, 6) is 0.816. The van der Waals surface area contributed by atoms with Crippen LogP contribution in [0.25, 0.3) is 0 Å². The first-order valence-corrected chi connectivity index (χ1v) is 31.3. The highest BCUT2D eigenvalue weighted by atomic mass is 79.9. The highest BCUT2D eigenvalue weighted by Crippen LogP contribution is 2.39. The average molecular weight is 1020 g/mol. The molecule has 0 heterocycles. The predicted molar refractivity (Wildman–Crippen MR) is 266 cm³/mol. The number of hydrogen-bond donors (Lipinski definition) is 0. The lowest BCUT2D eigenvalue weighted by molar-refractivity contribution is 0.496. The van der Waals surface area contributed by atoms with Crippen molar-refractivity contribution in [2.24, 2.45) is 0 Å². The SMILES string of the molecule is CCCCBr.CCCCC.CCCCC.CCCCCl.CCCCP(CCCC)CCCC.CCCCP(CCCC)CCCC.O=[Si]=O.O=[Si]=O.O=[Si]=O.O=[Si]=O. The number of halogens is 2. The first-order chi connectivity index (χ1) is 28.0. The fourth-order valence-electron chi connectivity index (χ4n) is 3.94. The third-order valence-electron chi connectivity index (χ3n) is 7.36. The van der Waals surface area contributed by atoms with E-state index in [0.717, 1.165) is 17.6 Å². The Morgan fingerprint density at radius 1 is 0.310 bits per heavy atom. The molecule has 0 rings (SSSR count). The van der Waals surface area contributed by atoms with Crippen molar-refractivity contribution in [1.82, 2.24) is 0 Å². The molecule has 0 bridgehead atoms. The number of rotatable bonds is 26. The Morgan fingerprint density at radius 2 is 0.466 bits per heavy atom. The lowest BCUT2D eigenvalue weighted by Gasteiger charge is -2.16. The van der Waals surface area contributed by atoms with Gasteiger partial charge in [0.2, 0.25) is 0 Å². The first kappa shape index (κ1) is 82.6. The van der Waals surface area contributed by atoms with E-state index in [1.54, 1.807) is 37.0 Å². The summed E-state index contributed by atoms with van der Waals surface area (Å²) in [4.78, 5) is 0. The summed E-state index contributed by atoms with van der Waals surface area (Å²) in [5.41, 5.74) is 0. The highest BCUT2D eigenvalue weighted by molar-refractivity contribution is 9.09. The predicted octanol–water partition coefficient (Wildman–Crippen LogP) is 15.9. The van der Waals surface area contributed by atoms with Crippen molar-refractivity contribution in [2.45, 2.75) is 224 Å². The summed E-state index contributed by atoms with van der Waals surface area (Å²) in [6.45, 7) is 27.0. The van der Waals surface area contributed by atoms with Crippen LogP contribution in [0.5, 0.6) is 0 Å². The van der Waals surface area contributed by atoms with Gasteiger partial charge < -0.3 is 0 Å². The molecule has 0 fully saturated rings. The summed E-state index contributed by atoms with van der Waals surface area (Å²) >= 11 is 8.61. The second-order valence-electron chi connectivity index (χ2n) is 12.9. The van der Waals surface area contributed by atoms with Gasteiger partial charge in [-0.3, -0.25) is 35.7 Å². The fourth-order valence-corrected chi connectivity index (χ4v) is 10.7. The van der Waals surface area contributed by atoms with Gasteiger partial charge in [0.15, 0.2) is 0 Å². The molecule has 0 spiro atoms. The molecule has 16 heteroatoms. The minimum absolute atomic E-state index is 0.422. The van der Waals surface area contributed by atoms with Crippen LogP contribution in [0.2, 0.25) is 0 Å². The number of hydrogen-bond acceptors (Lipinski definition) is 8. The van der Waals surface area contributed by atoms with Gasteiger partial charge in [-0.05, 0) is 88.3 Å². The molecule has 0 N–H and O–H groups in total. The lowest BCUT2D eigenvalue weighted by atomic mass is 10.3. The van der Waals surface area contributed by atoms with E-state index in [9.17, 15) is 0 Å². The van der Waals surface area contributed by atoms with E-state index in [-0.39, 0.29) is 0 Å². The second kappa shape index (κ2) is 112. The Balaban J connectivity index is -0.0000000588. The third kappa shape index (κ3) is 164. The normalized spacial score (nSPS) is 8.41. The van der Waals surface area contributed by atoms with Gasteiger partial charge in [0.05, 0.1) is 0 Å². The Hall–Kier alpha value is 0.898. The van der Waals surface area contributed by atoms with Crippen molar-refractivity contribution < 1.29 is 35.7 Å². The van der Waals surface area contributed by atoms with E-state index < -0.39 is 37.2 Å². The Labute approximate surface area is 386 Å². The van der Waals surface area contributed by atoms with Crippen LogP contribution < -0.4 is 0 Å². The average Bonchev–Trinajstić information content (AvgIpc) is 3.21. The molecule has 0 atom stereocenters. The minimum atomic E-state index is -1.42. The van der Waals surface area contributed by atoms with Crippen molar-refractivity contribution >= 4 is 80.5 Å². The molecule has 352 valence electrons. The molecule has 0 aromatic carbocycles. The molecule has 0 amide bonds. The van der Waals surface area contributed by atoms with Crippen molar-refractivity contribution in [3.63, 3.8) is 0 Å². The van der Waals surface area contributed by atoms with Crippen LogP contribution in [0.4, 0.5) is 0 Å². The maximum Gasteiger partial charge on any atom is 0.549 e. The van der Waals surface area contributed by atoms with Gasteiger partial charge in [-0.15, -0.1) is 27.4 Å². The van der Waals surface area contributed by atoms with Crippen LogP contribution in [0.3, 0.4) is 0 Å². The quantitative estimate of drug-likeness (QED) is 0.0475. The van der Waals surface area contributed by atoms with E-state index in [0.29, 0.717) is 15.8 Å². The number of alkyl halides is 2. The molecule has 58 heavy (non-hydrogen) atoms. The molecule has 0 aromatic rings. The lowest BCUT2D eigenvalue weighted by Crippen LogP contribution is -1.95. The molecule has 0 aliphatic heterocycles. The zero-order valence-corrected chi connectivity index (χ0v) is 48.3. The zero-order valence-electron chi connectivity index (χ0n) is 40.1. The van der Waals surface area contributed by atoms with Crippen molar-refractivity contribution in [3.05, 3.63) is 0 Å². The molecule has 0 aliphatic rings. The first-order valence-electron chi connectivity index (χ1n) is 22.6. The Kier molecular flexibility index (Phi) is 160. The summed E-state index contributed by atoms with van der Waals surface area (Å²) in [6, 6.07) is 0. The second-order valence-corrected chi connectivity index (χ2v) is 20.1. The van der Waals surface area contributed by atoms with Gasteiger partial charge in [0.25, 0.3) is 0 Å². The summed E-state index contributed by atoms with van der Waals surface area (Å²) in [6.07, 6.45) is 39.6. The van der Waals surface area contributed by atoms with Crippen LogP contribution >= 0.6 is 43.4 Å². The topological polar surface area (TPSA) is 137 Å². The Bertz CT molecular complexity index is 606. The summed E-state index contributed by atoms with van der Waals surface area (Å²) in [7, 11) is -4.82. The summed E-state index contributed by atoms with van der Waals surface area (Å²) in [5, 5.41) is 1.16. The van der Waals surface area contributed by atoms with Crippen LogP contribution in [-0.2, 0) is 35.7 Å². The highest BCUT2D eigenvalue weighted by Gasteiger charge is 2.06. The van der Waals surface area contributed by atoms with E-state index in [4.69, 9.17) is 47.3 Å². The van der Waals surface area contributed by atoms with E-state index >= 15 is 0 Å². The molecule has 0 radical (unpaired) electrons. The molecule has 0 aliphatic carbocycles. The third-order valence-corrected chi connectivity index (χ3v) is 13.9. The maximum atomic E-state index is 8.40. The van der Waals surface area contributed by atoms with E-state index in [1.807, 2.05) is 0 Å². The molecule has 0 unspecified atom stereocenters. The Morgan fingerprint density at radius 3 is 0.517 bits per heavy atom. The van der Waals surface area contributed by atoms with Gasteiger partial charge in [-0.1, -0.05) is 189 Å². The van der Waals surface area contributed by atoms with Crippen LogP contribution in [0, 0.1) is 0 Å². The van der Waals surface area contributed by atoms with Gasteiger partial charge >= 0.3 is 37.2 Å². The van der Waals surface area contributed by atoms with Gasteiger partial charge in [-0.2, -0.15) is 0 Å². The van der Waals surface area contributed by atoms with Crippen molar-refractivity contribution in [1.29, 1.82) is 0 Å². The molecular weight excluding hydrogens is 922 g/mol. The summed E-state index contributed by atoms with van der Waals surface area (Å²) < 4.78 is 67.2. The van der Waals surface area contributed by atoms with E-state index in [2.05, 4.69) is 99.0 Å². The van der Waals surface area contributed by atoms with E-state index in [1.165, 1.54) is 135 Å². The number of unbranched alkanes of at least 4 members (excludes halogenated alkanes) is 12. The molecule has 0 saturated carbocycles. The molecule has 0 saturated heterocycles. The zero-order chi connectivity index (χ0) is 47.2. The minimum Gasteiger partial charge on any atom is -0.274 e. The van der Waals surface area contributed by atoms with Gasteiger partial charge in [-0.25, -0.2) is 0 Å². The standard InChI is InChI=1S/2C12H27P.2C5H12.C4H9Br.C4H9Cl.4O2Si/c2*1-4-7-10-13(11-8-5-2)12-9-6-3;2*1-3-5-4-2;2*1-2-3-4-5;4*1-3-2/h2*4-12H2,1-3H3;2*3-5H2,1-2H3;2*2-4H2,1H3;;;;. The maximum absolute atomic E-state index is 8.40. The largest absolute Gasteiger partial charge is 0.549 e. The molecule has 8 nitrogen and oxygen atoms in total. The van der Waals surface area contributed by atoms with Crippen LogP contribution in [-0.4, -0.2) is 85.4 Å². The van der Waals surface area contributed by atoms with Gasteiger partial charge in [0, 0.05) is 11.2 Å². The van der Waals surface area contributed by atoms with Crippen molar-refractivity contribution in [2.75, 3.05) is 48.2 Å². The van der Waals surface area contributed by atoms with Crippen LogP contribution in [0.1, 0.15) is 224 Å². The van der Waals surface area contributed by atoms with Crippen molar-refractivity contribution in [3.8, 4) is 0 Å². The molecule has 0 aromatic heterocycles. The molecular formula is C42H96BrClO8P2Si4. The monoisotopic (exact) mass is 1020 g/mol. The van der Waals surface area contributed by atoms with Crippen LogP contribution in [0.15, 0.2) is 0 Å².